The van der Waals surface area contributed by atoms with Crippen LogP contribution in [0.2, 0.25) is 0 Å². The smallest absolute Gasteiger partial charge is 0.407 e. The lowest BCUT2D eigenvalue weighted by Crippen LogP contribution is -2.44. The van der Waals surface area contributed by atoms with Crippen LogP contribution in [0.5, 0.6) is 0 Å². The molecule has 4 rings (SSSR count). The first-order chi connectivity index (χ1) is 14.5. The Morgan fingerprint density at radius 3 is 2.17 bits per heavy atom. The van der Waals surface area contributed by atoms with Gasteiger partial charge in [0.15, 0.2) is 0 Å². The molecule has 0 spiro atoms. The predicted octanol–water partition coefficient (Wildman–Crippen LogP) is 5.34. The molecule has 158 valence electrons. The molecule has 0 saturated heterocycles. The molecule has 2 aromatic carbocycles. The van der Waals surface area contributed by atoms with Gasteiger partial charge in [-0.1, -0.05) is 74.7 Å². The summed E-state index contributed by atoms with van der Waals surface area (Å²) in [6.07, 6.45) is 5.22. The van der Waals surface area contributed by atoms with Gasteiger partial charge in [0.05, 0.1) is 0 Å². The number of amides is 1. The zero-order valence-corrected chi connectivity index (χ0v) is 17.4. The summed E-state index contributed by atoms with van der Waals surface area (Å²) in [5.74, 6) is -1.04. The second-order valence-electron chi connectivity index (χ2n) is 8.94. The molecular weight excluding hydrogens is 378 g/mol. The van der Waals surface area contributed by atoms with Crippen LogP contribution < -0.4 is 5.32 Å². The lowest BCUT2D eigenvalue weighted by molar-refractivity contribution is -0.140. The number of hydrogen-bond donors (Lipinski definition) is 2. The molecule has 2 aromatic rings. The Morgan fingerprint density at radius 1 is 1.03 bits per heavy atom. The fourth-order valence-electron chi connectivity index (χ4n) is 5.08. The highest BCUT2D eigenvalue weighted by atomic mass is 16.5. The summed E-state index contributed by atoms with van der Waals surface area (Å²) >= 11 is 0. The Kier molecular flexibility index (Phi) is 5.80. The third-order valence-electron chi connectivity index (χ3n) is 6.69. The summed E-state index contributed by atoms with van der Waals surface area (Å²) in [4.78, 5) is 24.3. The number of hydrogen-bond acceptors (Lipinski definition) is 3. The van der Waals surface area contributed by atoms with Crippen LogP contribution in [0.15, 0.2) is 48.5 Å². The average molecular weight is 408 g/mol. The largest absolute Gasteiger partial charge is 0.480 e. The van der Waals surface area contributed by atoms with Crippen molar-refractivity contribution in [1.29, 1.82) is 0 Å². The second-order valence-corrected chi connectivity index (χ2v) is 8.94. The maximum absolute atomic E-state index is 12.5. The molecule has 0 unspecified atom stereocenters. The highest BCUT2D eigenvalue weighted by Gasteiger charge is 2.34. The van der Waals surface area contributed by atoms with E-state index in [-0.39, 0.29) is 17.9 Å². The van der Waals surface area contributed by atoms with Crippen molar-refractivity contribution in [2.75, 3.05) is 6.61 Å². The number of carbonyl (C=O) groups is 2. The van der Waals surface area contributed by atoms with Gasteiger partial charge in [-0.2, -0.15) is 0 Å². The van der Waals surface area contributed by atoms with Gasteiger partial charge in [-0.25, -0.2) is 9.59 Å². The van der Waals surface area contributed by atoms with Crippen molar-refractivity contribution in [3.63, 3.8) is 0 Å². The van der Waals surface area contributed by atoms with Gasteiger partial charge in [-0.3, -0.25) is 0 Å². The first-order valence-electron chi connectivity index (χ1n) is 10.8. The molecule has 1 atom stereocenters. The van der Waals surface area contributed by atoms with E-state index in [0.717, 1.165) is 47.9 Å². The number of carboxylic acids is 1. The molecule has 1 fully saturated rings. The lowest BCUT2D eigenvalue weighted by Gasteiger charge is -2.35. The van der Waals surface area contributed by atoms with E-state index in [4.69, 9.17) is 4.74 Å². The number of aliphatic carboxylic acids is 1. The first-order valence-corrected chi connectivity index (χ1v) is 10.8. The molecule has 1 amide bonds. The molecule has 5 nitrogen and oxygen atoms in total. The second kappa shape index (κ2) is 8.50. The van der Waals surface area contributed by atoms with Crippen LogP contribution in [0.3, 0.4) is 0 Å². The Labute approximate surface area is 177 Å². The Hall–Kier alpha value is -2.82. The number of fused-ring (bicyclic) bond motifs is 3. The molecule has 2 aliphatic rings. The number of carboxylic acid groups (broad SMARTS) is 1. The molecule has 0 radical (unpaired) electrons. The van der Waals surface area contributed by atoms with Crippen LogP contribution >= 0.6 is 0 Å². The molecule has 0 bridgehead atoms. The summed E-state index contributed by atoms with van der Waals surface area (Å²) < 4.78 is 5.53. The highest BCUT2D eigenvalue weighted by molar-refractivity contribution is 5.81. The summed E-state index contributed by atoms with van der Waals surface area (Å²) in [6, 6.07) is 15.4. The van der Waals surface area contributed by atoms with Gasteiger partial charge in [0.2, 0.25) is 0 Å². The van der Waals surface area contributed by atoms with Gasteiger partial charge >= 0.3 is 12.1 Å². The standard InChI is InChI=1S/C25H29NO4/c1-25(13-7-2-8-14-25)15-22(23(27)28)26-24(29)30-16-21-19-11-5-3-9-17(19)18-10-4-6-12-20(18)21/h3-6,9-12,21-22H,2,7-8,13-16H2,1H3,(H,26,29)(H,27,28)/t22-/m0/s1. The molecule has 1 saturated carbocycles. The quantitative estimate of drug-likeness (QED) is 0.678. The molecule has 0 aliphatic heterocycles. The van der Waals surface area contributed by atoms with Gasteiger partial charge in [0, 0.05) is 5.92 Å². The number of ether oxygens (including phenoxy) is 1. The van der Waals surface area contributed by atoms with Gasteiger partial charge in [-0.15, -0.1) is 0 Å². The minimum atomic E-state index is -1.00. The van der Waals surface area contributed by atoms with Crippen LogP contribution in [-0.4, -0.2) is 29.8 Å². The van der Waals surface area contributed by atoms with E-state index in [0.29, 0.717) is 6.42 Å². The van der Waals surface area contributed by atoms with E-state index in [1.165, 1.54) is 6.42 Å². The van der Waals surface area contributed by atoms with E-state index < -0.39 is 18.1 Å². The minimum Gasteiger partial charge on any atom is -0.480 e. The fraction of sp³-hybridized carbons (Fsp3) is 0.440. The van der Waals surface area contributed by atoms with Gasteiger partial charge in [0.1, 0.15) is 12.6 Å². The van der Waals surface area contributed by atoms with Gasteiger partial charge in [-0.05, 0) is 46.9 Å². The number of carbonyl (C=O) groups excluding carboxylic acids is 1. The molecular formula is C25H29NO4. The van der Waals surface area contributed by atoms with Crippen molar-refractivity contribution < 1.29 is 19.4 Å². The van der Waals surface area contributed by atoms with E-state index >= 15 is 0 Å². The van der Waals surface area contributed by atoms with Crippen LogP contribution in [0.1, 0.15) is 62.5 Å². The third kappa shape index (κ3) is 4.20. The summed E-state index contributed by atoms with van der Waals surface area (Å²) in [7, 11) is 0. The number of alkyl carbamates (subject to hydrolysis) is 1. The van der Waals surface area contributed by atoms with Crippen LogP contribution in [0, 0.1) is 5.41 Å². The van der Waals surface area contributed by atoms with E-state index in [9.17, 15) is 14.7 Å². The number of rotatable bonds is 6. The summed E-state index contributed by atoms with van der Waals surface area (Å²) in [6.45, 7) is 2.31. The topological polar surface area (TPSA) is 75.6 Å². The molecule has 0 heterocycles. The van der Waals surface area contributed by atoms with Crippen molar-refractivity contribution in [2.45, 2.75) is 57.4 Å². The van der Waals surface area contributed by atoms with Crippen LogP contribution in [0.4, 0.5) is 4.79 Å². The fourth-order valence-corrected chi connectivity index (χ4v) is 5.08. The highest BCUT2D eigenvalue weighted by Crippen LogP contribution is 2.44. The zero-order valence-electron chi connectivity index (χ0n) is 17.4. The van der Waals surface area contributed by atoms with Gasteiger partial charge in [0.25, 0.3) is 0 Å². The molecule has 30 heavy (non-hydrogen) atoms. The minimum absolute atomic E-state index is 0.0395. The zero-order chi connectivity index (χ0) is 21.1. The Morgan fingerprint density at radius 2 is 1.60 bits per heavy atom. The summed E-state index contributed by atoms with van der Waals surface area (Å²) in [5.41, 5.74) is 4.55. The summed E-state index contributed by atoms with van der Waals surface area (Å²) in [5, 5.41) is 12.2. The maximum Gasteiger partial charge on any atom is 0.407 e. The van der Waals surface area contributed by atoms with E-state index in [1.54, 1.807) is 0 Å². The van der Waals surface area contributed by atoms with Gasteiger partial charge < -0.3 is 15.2 Å². The molecule has 0 aromatic heterocycles. The number of benzene rings is 2. The normalized spacial score (nSPS) is 18.2. The maximum atomic E-state index is 12.5. The lowest BCUT2D eigenvalue weighted by atomic mass is 9.72. The first kappa shape index (κ1) is 20.5. The third-order valence-corrected chi connectivity index (χ3v) is 6.69. The van der Waals surface area contributed by atoms with E-state index in [1.807, 2.05) is 24.3 Å². The van der Waals surface area contributed by atoms with Crippen molar-refractivity contribution in [2.24, 2.45) is 5.41 Å². The van der Waals surface area contributed by atoms with Crippen LogP contribution in [-0.2, 0) is 9.53 Å². The molecule has 2 N–H and O–H groups in total. The van der Waals surface area contributed by atoms with Crippen molar-refractivity contribution in [3.05, 3.63) is 59.7 Å². The molecule has 5 heteroatoms. The van der Waals surface area contributed by atoms with Crippen molar-refractivity contribution >= 4 is 12.1 Å². The van der Waals surface area contributed by atoms with Crippen molar-refractivity contribution in [3.8, 4) is 11.1 Å². The predicted molar refractivity (Wildman–Crippen MR) is 115 cm³/mol. The number of nitrogens with one attached hydrogen (secondary N) is 1. The average Bonchev–Trinajstić information content (AvgIpc) is 3.06. The van der Waals surface area contributed by atoms with Crippen molar-refractivity contribution in [1.82, 2.24) is 5.32 Å². The Balaban J connectivity index is 1.41. The van der Waals surface area contributed by atoms with Crippen LogP contribution in [0.25, 0.3) is 11.1 Å². The SMILES string of the molecule is CC1(C[C@H](NC(=O)OCC2c3ccccc3-c3ccccc32)C(=O)O)CCCCC1. The monoisotopic (exact) mass is 407 g/mol. The molecule has 2 aliphatic carbocycles. The Bertz CT molecular complexity index is 887. The van der Waals surface area contributed by atoms with E-state index in [2.05, 4.69) is 36.5 Å².